The van der Waals surface area contributed by atoms with Gasteiger partial charge in [0.2, 0.25) is 0 Å². The Morgan fingerprint density at radius 2 is 2.05 bits per heavy atom. The van der Waals surface area contributed by atoms with E-state index in [1.165, 1.54) is 0 Å². The second kappa shape index (κ2) is 7.29. The van der Waals surface area contributed by atoms with Crippen LogP contribution in [0.1, 0.15) is 41.3 Å². The number of morpholine rings is 1. The largest absolute Gasteiger partial charge is 0.466 e. The summed E-state index contributed by atoms with van der Waals surface area (Å²) in [5.74, 6) is 2.06. The Morgan fingerprint density at radius 3 is 2.64 bits per heavy atom. The fraction of sp³-hybridized carbons (Fsp3) is 0.706. The molecule has 1 aliphatic heterocycles. The van der Waals surface area contributed by atoms with Gasteiger partial charge in [0, 0.05) is 31.7 Å². The highest BCUT2D eigenvalue weighted by molar-refractivity contribution is 5.96. The Hall–Kier alpha value is -1.33. The van der Waals surface area contributed by atoms with E-state index in [0.717, 1.165) is 37.6 Å². The molecule has 0 aliphatic carbocycles. The highest BCUT2D eigenvalue weighted by atomic mass is 16.5. The van der Waals surface area contributed by atoms with Gasteiger partial charge in [0.15, 0.2) is 0 Å². The Kier molecular flexibility index (Phi) is 5.64. The fourth-order valence-electron chi connectivity index (χ4n) is 3.01. The summed E-state index contributed by atoms with van der Waals surface area (Å²) in [4.78, 5) is 14.8. The third-order valence-corrected chi connectivity index (χ3v) is 4.12. The molecule has 1 amide bonds. The van der Waals surface area contributed by atoms with Gasteiger partial charge in [-0.05, 0) is 26.7 Å². The molecular weight excluding hydrogens is 280 g/mol. The summed E-state index contributed by atoms with van der Waals surface area (Å²) in [5.41, 5.74) is 1.58. The van der Waals surface area contributed by atoms with Crippen LogP contribution < -0.4 is 5.32 Å². The van der Waals surface area contributed by atoms with Crippen molar-refractivity contribution in [1.29, 1.82) is 0 Å². The first-order valence-electron chi connectivity index (χ1n) is 8.07. The van der Waals surface area contributed by atoms with Crippen molar-refractivity contribution in [2.45, 2.75) is 40.7 Å². The Labute approximate surface area is 133 Å². The Balaban J connectivity index is 1.88. The second-order valence-electron chi connectivity index (χ2n) is 6.57. The van der Waals surface area contributed by atoms with Crippen molar-refractivity contribution < 1.29 is 13.9 Å². The predicted molar refractivity (Wildman–Crippen MR) is 86.3 cm³/mol. The van der Waals surface area contributed by atoms with Gasteiger partial charge in [-0.3, -0.25) is 9.69 Å². The number of nitrogens with one attached hydrogen (secondary N) is 1. The van der Waals surface area contributed by atoms with Gasteiger partial charge in [-0.1, -0.05) is 13.8 Å². The summed E-state index contributed by atoms with van der Waals surface area (Å²) in [6.45, 7) is 14.3. The van der Waals surface area contributed by atoms with Crippen LogP contribution in [0.25, 0.3) is 0 Å². The number of hydrogen-bond donors (Lipinski definition) is 1. The number of rotatable bonds is 5. The fourth-order valence-corrected chi connectivity index (χ4v) is 3.01. The summed E-state index contributed by atoms with van der Waals surface area (Å²) in [6, 6.07) is 0. The molecule has 1 aliphatic rings. The summed E-state index contributed by atoms with van der Waals surface area (Å²) in [7, 11) is 0. The number of amides is 1. The van der Waals surface area contributed by atoms with Crippen LogP contribution in [-0.2, 0) is 4.74 Å². The summed E-state index contributed by atoms with van der Waals surface area (Å²) in [5, 5.41) is 2.99. The van der Waals surface area contributed by atoms with Gasteiger partial charge in [0.1, 0.15) is 11.5 Å². The van der Waals surface area contributed by atoms with E-state index in [-0.39, 0.29) is 12.0 Å². The number of aryl methyl sites for hydroxylation is 2. The minimum Gasteiger partial charge on any atom is -0.466 e. The normalized spacial score (nSPS) is 19.6. The van der Waals surface area contributed by atoms with Crippen molar-refractivity contribution in [3.8, 4) is 0 Å². The number of carbonyl (C=O) groups excluding carboxylic acids is 1. The minimum atomic E-state index is -0.0727. The molecule has 1 aromatic heterocycles. The van der Waals surface area contributed by atoms with Crippen molar-refractivity contribution in [1.82, 2.24) is 10.2 Å². The van der Waals surface area contributed by atoms with E-state index < -0.39 is 0 Å². The van der Waals surface area contributed by atoms with Crippen LogP contribution in [0, 0.1) is 26.7 Å². The lowest BCUT2D eigenvalue weighted by Gasteiger charge is -2.33. The van der Waals surface area contributed by atoms with Gasteiger partial charge in [-0.25, -0.2) is 0 Å². The van der Waals surface area contributed by atoms with E-state index in [1.54, 1.807) is 0 Å². The van der Waals surface area contributed by atoms with Gasteiger partial charge in [0.25, 0.3) is 5.91 Å². The van der Waals surface area contributed by atoms with E-state index in [0.29, 0.717) is 23.8 Å². The predicted octanol–water partition coefficient (Wildman–Crippen LogP) is 2.29. The zero-order valence-corrected chi connectivity index (χ0v) is 14.4. The highest BCUT2D eigenvalue weighted by Gasteiger charge is 2.23. The minimum absolute atomic E-state index is 0.0602. The molecule has 0 spiro atoms. The molecule has 1 saturated heterocycles. The highest BCUT2D eigenvalue weighted by Crippen LogP contribution is 2.20. The summed E-state index contributed by atoms with van der Waals surface area (Å²) >= 11 is 0. The van der Waals surface area contributed by atoms with Crippen LogP contribution in [0.4, 0.5) is 0 Å². The van der Waals surface area contributed by atoms with Crippen LogP contribution in [-0.4, -0.2) is 49.7 Å². The van der Waals surface area contributed by atoms with Crippen molar-refractivity contribution in [2.75, 3.05) is 32.8 Å². The topological polar surface area (TPSA) is 54.7 Å². The molecule has 5 nitrogen and oxygen atoms in total. The molecule has 22 heavy (non-hydrogen) atoms. The zero-order valence-electron chi connectivity index (χ0n) is 14.4. The Morgan fingerprint density at radius 1 is 1.32 bits per heavy atom. The first kappa shape index (κ1) is 17.0. The van der Waals surface area contributed by atoms with Crippen LogP contribution >= 0.6 is 0 Å². The van der Waals surface area contributed by atoms with Gasteiger partial charge in [-0.15, -0.1) is 0 Å². The molecule has 5 heteroatoms. The molecule has 1 fully saturated rings. The molecule has 1 unspecified atom stereocenters. The number of ether oxygens (including phenoxy) is 1. The van der Waals surface area contributed by atoms with E-state index >= 15 is 0 Å². The number of furan rings is 1. The van der Waals surface area contributed by atoms with Crippen LogP contribution in [0.15, 0.2) is 4.42 Å². The molecule has 0 bridgehead atoms. The molecule has 2 heterocycles. The van der Waals surface area contributed by atoms with Crippen molar-refractivity contribution >= 4 is 5.91 Å². The van der Waals surface area contributed by atoms with E-state index in [2.05, 4.69) is 24.1 Å². The lowest BCUT2D eigenvalue weighted by atomic mass is 10.1. The third kappa shape index (κ3) is 4.11. The second-order valence-corrected chi connectivity index (χ2v) is 6.57. The lowest BCUT2D eigenvalue weighted by Crippen LogP contribution is -2.48. The molecule has 1 atom stereocenters. The van der Waals surface area contributed by atoms with E-state index in [4.69, 9.17) is 9.15 Å². The maximum absolute atomic E-state index is 12.4. The standard InChI is InChI=1S/C17H28N2O3/c1-11(2)9-19-6-7-21-15(10-19)8-18-17(20)16-12(3)13(4)22-14(16)5/h11,15H,6-10H2,1-5H3,(H,18,20). The molecule has 1 aromatic rings. The van der Waals surface area contributed by atoms with Crippen LogP contribution in [0.3, 0.4) is 0 Å². The lowest BCUT2D eigenvalue weighted by molar-refractivity contribution is -0.0295. The van der Waals surface area contributed by atoms with Gasteiger partial charge >= 0.3 is 0 Å². The van der Waals surface area contributed by atoms with Gasteiger partial charge in [0.05, 0.1) is 18.3 Å². The molecule has 2 rings (SSSR count). The summed E-state index contributed by atoms with van der Waals surface area (Å²) in [6.07, 6.45) is 0.0602. The Bertz CT molecular complexity index is 522. The first-order chi connectivity index (χ1) is 10.4. The average molecular weight is 308 g/mol. The molecule has 0 radical (unpaired) electrons. The molecule has 0 saturated carbocycles. The number of nitrogens with zero attached hydrogens (tertiary/aromatic N) is 1. The maximum atomic E-state index is 12.4. The molecular formula is C17H28N2O3. The molecule has 1 N–H and O–H groups in total. The zero-order chi connectivity index (χ0) is 16.3. The quantitative estimate of drug-likeness (QED) is 0.907. The van der Waals surface area contributed by atoms with Crippen LogP contribution in [0.2, 0.25) is 0 Å². The van der Waals surface area contributed by atoms with Crippen LogP contribution in [0.5, 0.6) is 0 Å². The van der Waals surface area contributed by atoms with Crippen molar-refractivity contribution in [3.63, 3.8) is 0 Å². The molecule has 124 valence electrons. The van der Waals surface area contributed by atoms with Crippen molar-refractivity contribution in [2.24, 2.45) is 5.92 Å². The van der Waals surface area contributed by atoms with Gasteiger partial charge in [-0.2, -0.15) is 0 Å². The van der Waals surface area contributed by atoms with E-state index in [9.17, 15) is 4.79 Å². The van der Waals surface area contributed by atoms with Crippen molar-refractivity contribution in [3.05, 3.63) is 22.6 Å². The number of hydrogen-bond acceptors (Lipinski definition) is 4. The summed E-state index contributed by atoms with van der Waals surface area (Å²) < 4.78 is 11.3. The first-order valence-corrected chi connectivity index (χ1v) is 8.07. The average Bonchev–Trinajstić information content (AvgIpc) is 2.69. The maximum Gasteiger partial charge on any atom is 0.255 e. The van der Waals surface area contributed by atoms with Gasteiger partial charge < -0.3 is 14.5 Å². The smallest absolute Gasteiger partial charge is 0.255 e. The third-order valence-electron chi connectivity index (χ3n) is 4.12. The molecule has 0 aromatic carbocycles. The SMILES string of the molecule is Cc1oc(C)c(C(=O)NCC2CN(CC(C)C)CCO2)c1C. The monoisotopic (exact) mass is 308 g/mol. The number of carbonyl (C=O) groups is 1. The van der Waals surface area contributed by atoms with E-state index in [1.807, 2.05) is 20.8 Å².